The highest BCUT2D eigenvalue weighted by atomic mass is 35.5. The number of nitrogens with one attached hydrogen (secondary N) is 1. The number of carbonyl (C=O) groups is 1. The molecule has 0 unspecified atom stereocenters. The van der Waals surface area contributed by atoms with E-state index in [1.807, 2.05) is 38.4 Å². The quantitative estimate of drug-likeness (QED) is 0.782. The third-order valence-corrected chi connectivity index (χ3v) is 4.05. The molecule has 0 radical (unpaired) electrons. The molecule has 0 aromatic heterocycles. The number of benzene rings is 1. The topological polar surface area (TPSA) is 32.3 Å². The maximum absolute atomic E-state index is 11.8. The van der Waals surface area contributed by atoms with Gasteiger partial charge >= 0.3 is 0 Å². The summed E-state index contributed by atoms with van der Waals surface area (Å²) in [5.74, 6) is 0.928. The van der Waals surface area contributed by atoms with Crippen molar-refractivity contribution in [3.8, 4) is 0 Å². The van der Waals surface area contributed by atoms with Crippen molar-refractivity contribution in [1.29, 1.82) is 0 Å². The van der Waals surface area contributed by atoms with E-state index in [-0.39, 0.29) is 5.91 Å². The van der Waals surface area contributed by atoms with Crippen LogP contribution in [0.1, 0.15) is 6.42 Å². The van der Waals surface area contributed by atoms with Gasteiger partial charge in [0.1, 0.15) is 0 Å². The molecule has 1 aromatic rings. The zero-order chi connectivity index (χ0) is 13.4. The largest absolute Gasteiger partial charge is 0.344 e. The number of amides is 1. The number of hydrogen-bond donors (Lipinski definition) is 1. The van der Waals surface area contributed by atoms with E-state index in [1.54, 1.807) is 16.7 Å². The van der Waals surface area contributed by atoms with Crippen LogP contribution < -0.4 is 5.32 Å². The molecule has 1 rings (SSSR count). The van der Waals surface area contributed by atoms with Crippen LogP contribution >= 0.6 is 23.4 Å². The van der Waals surface area contributed by atoms with Crippen molar-refractivity contribution in [1.82, 2.24) is 10.2 Å². The van der Waals surface area contributed by atoms with E-state index in [0.717, 1.165) is 28.8 Å². The monoisotopic (exact) mass is 286 g/mol. The van der Waals surface area contributed by atoms with Gasteiger partial charge in [0.2, 0.25) is 5.91 Å². The third kappa shape index (κ3) is 5.29. The van der Waals surface area contributed by atoms with Gasteiger partial charge in [-0.15, -0.1) is 11.8 Å². The highest BCUT2D eigenvalue weighted by Crippen LogP contribution is 2.26. The molecule has 3 nitrogen and oxygen atoms in total. The molecular weight excluding hydrogens is 268 g/mol. The van der Waals surface area contributed by atoms with Crippen molar-refractivity contribution in [2.45, 2.75) is 11.3 Å². The minimum absolute atomic E-state index is 0.171. The molecule has 0 spiro atoms. The molecular formula is C13H19ClN2OS. The summed E-state index contributed by atoms with van der Waals surface area (Å²) in [5.41, 5.74) is 0. The van der Waals surface area contributed by atoms with Gasteiger partial charge in [0.25, 0.3) is 0 Å². The Balaban J connectivity index is 2.29. The van der Waals surface area contributed by atoms with Crippen LogP contribution in [0.15, 0.2) is 29.2 Å². The molecule has 0 fully saturated rings. The standard InChI is InChI=1S/C13H19ClN2OS/c1-15-8-9-16(2)13(17)7-10-18-12-6-4-3-5-11(12)14/h3-6,15H,7-10H2,1-2H3. The Morgan fingerprint density at radius 2 is 2.17 bits per heavy atom. The first-order chi connectivity index (χ1) is 8.65. The fourth-order valence-electron chi connectivity index (χ4n) is 1.41. The van der Waals surface area contributed by atoms with E-state index in [4.69, 9.17) is 11.6 Å². The van der Waals surface area contributed by atoms with Gasteiger partial charge in [-0.25, -0.2) is 0 Å². The van der Waals surface area contributed by atoms with E-state index in [1.165, 1.54) is 0 Å². The summed E-state index contributed by atoms with van der Waals surface area (Å²) in [4.78, 5) is 14.6. The first-order valence-electron chi connectivity index (χ1n) is 5.91. The van der Waals surface area contributed by atoms with Crippen LogP contribution in [0.4, 0.5) is 0 Å². The molecule has 1 aromatic carbocycles. The van der Waals surface area contributed by atoms with Gasteiger partial charge in [-0.3, -0.25) is 4.79 Å². The molecule has 1 amide bonds. The fourth-order valence-corrected chi connectivity index (χ4v) is 2.58. The van der Waals surface area contributed by atoms with Gasteiger partial charge < -0.3 is 10.2 Å². The number of carbonyl (C=O) groups excluding carboxylic acids is 1. The number of halogens is 1. The van der Waals surface area contributed by atoms with E-state index < -0.39 is 0 Å². The predicted molar refractivity (Wildman–Crippen MR) is 78.4 cm³/mol. The molecule has 0 atom stereocenters. The molecule has 5 heteroatoms. The molecule has 0 aliphatic heterocycles. The summed E-state index contributed by atoms with van der Waals surface area (Å²) in [7, 11) is 3.71. The lowest BCUT2D eigenvalue weighted by Gasteiger charge is -2.16. The van der Waals surface area contributed by atoms with Crippen molar-refractivity contribution in [2.75, 3.05) is 32.9 Å². The minimum atomic E-state index is 0.171. The van der Waals surface area contributed by atoms with Crippen LogP contribution in [0.25, 0.3) is 0 Å². The van der Waals surface area contributed by atoms with E-state index in [0.29, 0.717) is 6.42 Å². The number of hydrogen-bond acceptors (Lipinski definition) is 3. The van der Waals surface area contributed by atoms with Crippen LogP contribution in [0.5, 0.6) is 0 Å². The number of likely N-dealkylation sites (N-methyl/N-ethyl adjacent to an activating group) is 2. The fraction of sp³-hybridized carbons (Fsp3) is 0.462. The predicted octanol–water partition coefficient (Wildman–Crippen LogP) is 2.50. The zero-order valence-corrected chi connectivity index (χ0v) is 12.4. The van der Waals surface area contributed by atoms with Crippen molar-refractivity contribution in [3.05, 3.63) is 29.3 Å². The average molecular weight is 287 g/mol. The maximum Gasteiger partial charge on any atom is 0.223 e. The SMILES string of the molecule is CNCCN(C)C(=O)CCSc1ccccc1Cl. The summed E-state index contributed by atoms with van der Waals surface area (Å²) in [6.07, 6.45) is 0.538. The summed E-state index contributed by atoms with van der Waals surface area (Å²) < 4.78 is 0. The molecule has 0 bridgehead atoms. The van der Waals surface area contributed by atoms with Crippen LogP contribution in [0.2, 0.25) is 5.02 Å². The van der Waals surface area contributed by atoms with Crippen LogP contribution in [0.3, 0.4) is 0 Å². The summed E-state index contributed by atoms with van der Waals surface area (Å²) >= 11 is 7.67. The molecule has 0 heterocycles. The maximum atomic E-state index is 11.8. The highest BCUT2D eigenvalue weighted by Gasteiger charge is 2.08. The van der Waals surface area contributed by atoms with Crippen LogP contribution in [0, 0.1) is 0 Å². The number of thioether (sulfide) groups is 1. The zero-order valence-electron chi connectivity index (χ0n) is 10.8. The third-order valence-electron chi connectivity index (χ3n) is 2.53. The summed E-state index contributed by atoms with van der Waals surface area (Å²) in [6.45, 7) is 1.56. The van der Waals surface area contributed by atoms with Gasteiger partial charge in [-0.2, -0.15) is 0 Å². The van der Waals surface area contributed by atoms with Crippen molar-refractivity contribution < 1.29 is 4.79 Å². The Morgan fingerprint density at radius 3 is 2.83 bits per heavy atom. The van der Waals surface area contributed by atoms with Crippen LogP contribution in [-0.4, -0.2) is 43.7 Å². The van der Waals surface area contributed by atoms with E-state index in [9.17, 15) is 4.79 Å². The Labute approximate surface area is 118 Å². The second-order valence-corrected chi connectivity index (χ2v) is 5.49. The smallest absolute Gasteiger partial charge is 0.223 e. The summed E-state index contributed by atoms with van der Waals surface area (Å²) in [5, 5.41) is 3.77. The lowest BCUT2D eigenvalue weighted by molar-refractivity contribution is -0.129. The molecule has 0 aliphatic carbocycles. The van der Waals surface area contributed by atoms with E-state index in [2.05, 4.69) is 5.32 Å². The lowest BCUT2D eigenvalue weighted by atomic mass is 10.4. The molecule has 0 saturated carbocycles. The highest BCUT2D eigenvalue weighted by molar-refractivity contribution is 7.99. The van der Waals surface area contributed by atoms with Gasteiger partial charge in [-0.1, -0.05) is 23.7 Å². The lowest BCUT2D eigenvalue weighted by Crippen LogP contribution is -2.32. The molecule has 0 aliphatic rings. The normalized spacial score (nSPS) is 10.4. The van der Waals surface area contributed by atoms with Gasteiger partial charge in [-0.05, 0) is 19.2 Å². The summed E-state index contributed by atoms with van der Waals surface area (Å²) in [6, 6.07) is 7.70. The van der Waals surface area contributed by atoms with Crippen molar-refractivity contribution in [2.24, 2.45) is 0 Å². The molecule has 0 saturated heterocycles. The van der Waals surface area contributed by atoms with Crippen molar-refractivity contribution >= 4 is 29.3 Å². The van der Waals surface area contributed by atoms with Gasteiger partial charge in [0, 0.05) is 37.2 Å². The Kier molecular flexibility index (Phi) is 7.16. The number of rotatable bonds is 7. The first kappa shape index (κ1) is 15.3. The van der Waals surface area contributed by atoms with E-state index >= 15 is 0 Å². The Bertz CT molecular complexity index is 387. The van der Waals surface area contributed by atoms with Gasteiger partial charge in [0.05, 0.1) is 5.02 Å². The Morgan fingerprint density at radius 1 is 1.44 bits per heavy atom. The average Bonchev–Trinajstić information content (AvgIpc) is 2.38. The molecule has 1 N–H and O–H groups in total. The molecule has 100 valence electrons. The molecule has 18 heavy (non-hydrogen) atoms. The first-order valence-corrected chi connectivity index (χ1v) is 7.27. The van der Waals surface area contributed by atoms with Gasteiger partial charge in [0.15, 0.2) is 0 Å². The second-order valence-electron chi connectivity index (χ2n) is 3.95. The minimum Gasteiger partial charge on any atom is -0.344 e. The van der Waals surface area contributed by atoms with Crippen LogP contribution in [-0.2, 0) is 4.79 Å². The second kappa shape index (κ2) is 8.40. The van der Waals surface area contributed by atoms with Crippen molar-refractivity contribution in [3.63, 3.8) is 0 Å². The number of nitrogens with zero attached hydrogens (tertiary/aromatic N) is 1. The Hall–Kier alpha value is -0.710.